The van der Waals surface area contributed by atoms with Crippen LogP contribution in [0.25, 0.3) is 0 Å². The molecule has 19 heavy (non-hydrogen) atoms. The number of ether oxygens (including phenoxy) is 1. The van der Waals surface area contributed by atoms with Gasteiger partial charge in [0.2, 0.25) is 5.88 Å². The molecule has 0 aromatic carbocycles. The Morgan fingerprint density at radius 1 is 1.21 bits per heavy atom. The van der Waals surface area contributed by atoms with Gasteiger partial charge in [-0.1, -0.05) is 32.6 Å². The molecule has 1 N–H and O–H groups in total. The molecule has 4 nitrogen and oxygen atoms in total. The highest BCUT2D eigenvalue weighted by atomic mass is 16.5. The van der Waals surface area contributed by atoms with Crippen molar-refractivity contribution in [1.29, 1.82) is 0 Å². The Morgan fingerprint density at radius 2 is 2.00 bits per heavy atom. The summed E-state index contributed by atoms with van der Waals surface area (Å²) in [4.78, 5) is 8.45. The average molecular weight is 265 g/mol. The van der Waals surface area contributed by atoms with Gasteiger partial charge in [-0.2, -0.15) is 0 Å². The Hall–Kier alpha value is -1.32. The molecule has 1 aromatic heterocycles. The topological polar surface area (TPSA) is 47.0 Å². The van der Waals surface area contributed by atoms with Crippen LogP contribution in [0.4, 0.5) is 5.82 Å². The van der Waals surface area contributed by atoms with Gasteiger partial charge < -0.3 is 10.1 Å². The van der Waals surface area contributed by atoms with Crippen LogP contribution in [0, 0.1) is 6.92 Å². The standard InChI is InChI=1S/C15H27N3O/c1-5-7-8-9-10-12(3)18-14-13(4)15(19-6-2)17-11-16-14/h11-12H,5-10H2,1-4H3,(H,16,17,18). The second-order valence-electron chi connectivity index (χ2n) is 4.98. The lowest BCUT2D eigenvalue weighted by atomic mass is 10.1. The minimum atomic E-state index is 0.430. The highest BCUT2D eigenvalue weighted by molar-refractivity contribution is 5.48. The smallest absolute Gasteiger partial charge is 0.221 e. The van der Waals surface area contributed by atoms with E-state index in [2.05, 4.69) is 29.1 Å². The van der Waals surface area contributed by atoms with Crippen molar-refractivity contribution in [2.24, 2.45) is 0 Å². The molecule has 0 radical (unpaired) electrons. The second-order valence-corrected chi connectivity index (χ2v) is 4.98. The van der Waals surface area contributed by atoms with E-state index >= 15 is 0 Å². The van der Waals surface area contributed by atoms with E-state index in [4.69, 9.17) is 4.74 Å². The molecule has 0 aliphatic rings. The number of unbranched alkanes of at least 4 members (excludes halogenated alkanes) is 3. The van der Waals surface area contributed by atoms with Crippen LogP contribution in [-0.2, 0) is 0 Å². The molecule has 0 saturated heterocycles. The molecule has 1 unspecified atom stereocenters. The normalized spacial score (nSPS) is 12.2. The number of hydrogen-bond acceptors (Lipinski definition) is 4. The summed E-state index contributed by atoms with van der Waals surface area (Å²) in [7, 11) is 0. The van der Waals surface area contributed by atoms with E-state index in [0.29, 0.717) is 18.5 Å². The van der Waals surface area contributed by atoms with E-state index < -0.39 is 0 Å². The molecule has 1 rings (SSSR count). The van der Waals surface area contributed by atoms with Crippen LogP contribution >= 0.6 is 0 Å². The molecule has 1 atom stereocenters. The molecule has 0 saturated carbocycles. The van der Waals surface area contributed by atoms with E-state index in [0.717, 1.165) is 11.4 Å². The van der Waals surface area contributed by atoms with Crippen molar-refractivity contribution in [2.45, 2.75) is 65.8 Å². The summed E-state index contributed by atoms with van der Waals surface area (Å²) in [5.41, 5.74) is 0.991. The fraction of sp³-hybridized carbons (Fsp3) is 0.733. The molecule has 0 bridgehead atoms. The Morgan fingerprint density at radius 3 is 2.68 bits per heavy atom. The minimum absolute atomic E-state index is 0.430. The number of aromatic nitrogens is 2. The highest BCUT2D eigenvalue weighted by Gasteiger charge is 2.10. The first-order chi connectivity index (χ1) is 9.19. The molecule has 0 aliphatic heterocycles. The summed E-state index contributed by atoms with van der Waals surface area (Å²) >= 11 is 0. The highest BCUT2D eigenvalue weighted by Crippen LogP contribution is 2.21. The Bertz CT molecular complexity index is 368. The number of anilines is 1. The first kappa shape index (κ1) is 15.7. The zero-order valence-corrected chi connectivity index (χ0v) is 12.7. The van der Waals surface area contributed by atoms with Gasteiger partial charge in [-0.3, -0.25) is 0 Å². The van der Waals surface area contributed by atoms with E-state index in [1.54, 1.807) is 6.33 Å². The van der Waals surface area contributed by atoms with Crippen LogP contribution in [0.5, 0.6) is 5.88 Å². The summed E-state index contributed by atoms with van der Waals surface area (Å²) in [5, 5.41) is 3.45. The summed E-state index contributed by atoms with van der Waals surface area (Å²) in [6.07, 6.45) is 7.93. The average Bonchev–Trinajstić information content (AvgIpc) is 2.40. The van der Waals surface area contributed by atoms with E-state index in [9.17, 15) is 0 Å². The van der Waals surface area contributed by atoms with E-state index in [1.165, 1.54) is 32.1 Å². The molecule has 0 spiro atoms. The van der Waals surface area contributed by atoms with Crippen LogP contribution in [0.3, 0.4) is 0 Å². The van der Waals surface area contributed by atoms with Gasteiger partial charge in [0.1, 0.15) is 12.1 Å². The van der Waals surface area contributed by atoms with Crippen LogP contribution in [0.2, 0.25) is 0 Å². The second kappa shape index (κ2) is 8.73. The molecule has 4 heteroatoms. The van der Waals surface area contributed by atoms with Crippen molar-refractivity contribution >= 4 is 5.82 Å². The maximum absolute atomic E-state index is 5.48. The van der Waals surface area contributed by atoms with Gasteiger partial charge in [0.25, 0.3) is 0 Å². The van der Waals surface area contributed by atoms with Gasteiger partial charge in [0, 0.05) is 6.04 Å². The third-order valence-corrected chi connectivity index (χ3v) is 3.19. The van der Waals surface area contributed by atoms with Crippen molar-refractivity contribution < 1.29 is 4.74 Å². The maximum Gasteiger partial charge on any atom is 0.221 e. The fourth-order valence-corrected chi connectivity index (χ4v) is 2.04. The number of hydrogen-bond donors (Lipinski definition) is 1. The third-order valence-electron chi connectivity index (χ3n) is 3.19. The fourth-order valence-electron chi connectivity index (χ4n) is 2.04. The summed E-state index contributed by atoms with van der Waals surface area (Å²) in [6, 6.07) is 0.430. The van der Waals surface area contributed by atoms with Gasteiger partial charge in [0.05, 0.1) is 12.2 Å². The van der Waals surface area contributed by atoms with Crippen LogP contribution < -0.4 is 10.1 Å². The Labute approximate surface area is 117 Å². The summed E-state index contributed by atoms with van der Waals surface area (Å²) in [6.45, 7) is 9.03. The maximum atomic E-state index is 5.48. The van der Waals surface area contributed by atoms with Crippen molar-refractivity contribution in [3.63, 3.8) is 0 Å². The van der Waals surface area contributed by atoms with E-state index in [-0.39, 0.29) is 0 Å². The monoisotopic (exact) mass is 265 g/mol. The van der Waals surface area contributed by atoms with E-state index in [1.807, 2.05) is 13.8 Å². The lowest BCUT2D eigenvalue weighted by Crippen LogP contribution is -2.17. The van der Waals surface area contributed by atoms with Crippen LogP contribution in [-0.4, -0.2) is 22.6 Å². The Kier molecular flexibility index (Phi) is 7.23. The predicted molar refractivity (Wildman–Crippen MR) is 79.8 cm³/mol. The number of nitrogens with zero attached hydrogens (tertiary/aromatic N) is 2. The van der Waals surface area contributed by atoms with Crippen molar-refractivity contribution in [2.75, 3.05) is 11.9 Å². The Balaban J connectivity index is 2.49. The molecule has 0 aliphatic carbocycles. The largest absolute Gasteiger partial charge is 0.478 e. The SMILES string of the molecule is CCCCCCC(C)Nc1ncnc(OCC)c1C. The summed E-state index contributed by atoms with van der Waals surface area (Å²) < 4.78 is 5.48. The lowest BCUT2D eigenvalue weighted by Gasteiger charge is -2.17. The third kappa shape index (κ3) is 5.45. The molecule has 108 valence electrons. The van der Waals surface area contributed by atoms with Crippen LogP contribution in [0.15, 0.2) is 6.33 Å². The van der Waals surface area contributed by atoms with Crippen molar-refractivity contribution in [3.8, 4) is 5.88 Å². The zero-order valence-electron chi connectivity index (χ0n) is 12.7. The van der Waals surface area contributed by atoms with Crippen molar-refractivity contribution in [1.82, 2.24) is 9.97 Å². The molecule has 0 fully saturated rings. The summed E-state index contributed by atoms with van der Waals surface area (Å²) in [5.74, 6) is 1.57. The number of rotatable bonds is 9. The van der Waals surface area contributed by atoms with Gasteiger partial charge in [-0.25, -0.2) is 9.97 Å². The molecular formula is C15H27N3O. The lowest BCUT2D eigenvalue weighted by molar-refractivity contribution is 0.324. The molecular weight excluding hydrogens is 238 g/mol. The number of nitrogens with one attached hydrogen (secondary N) is 1. The molecule has 1 heterocycles. The predicted octanol–water partition coefficient (Wildman–Crippen LogP) is 3.95. The first-order valence-corrected chi connectivity index (χ1v) is 7.39. The molecule has 0 amide bonds. The van der Waals surface area contributed by atoms with Gasteiger partial charge in [-0.05, 0) is 27.2 Å². The van der Waals surface area contributed by atoms with Gasteiger partial charge in [-0.15, -0.1) is 0 Å². The first-order valence-electron chi connectivity index (χ1n) is 7.39. The van der Waals surface area contributed by atoms with Gasteiger partial charge >= 0.3 is 0 Å². The minimum Gasteiger partial charge on any atom is -0.478 e. The zero-order chi connectivity index (χ0) is 14.1. The van der Waals surface area contributed by atoms with Crippen molar-refractivity contribution in [3.05, 3.63) is 11.9 Å². The van der Waals surface area contributed by atoms with Gasteiger partial charge in [0.15, 0.2) is 0 Å². The molecule has 1 aromatic rings. The quantitative estimate of drug-likeness (QED) is 0.687. The van der Waals surface area contributed by atoms with Crippen LogP contribution in [0.1, 0.15) is 58.4 Å².